The lowest BCUT2D eigenvalue weighted by molar-refractivity contribution is -0.0404. The van der Waals surface area contributed by atoms with Crippen molar-refractivity contribution in [2.45, 2.75) is 19.0 Å². The number of fused-ring (bicyclic) bond motifs is 2. The predicted octanol–water partition coefficient (Wildman–Crippen LogP) is 2.80. The van der Waals surface area contributed by atoms with Crippen molar-refractivity contribution in [1.29, 1.82) is 0 Å². The molecule has 0 atom stereocenters. The lowest BCUT2D eigenvalue weighted by Gasteiger charge is -2.27. The van der Waals surface area contributed by atoms with Crippen molar-refractivity contribution >= 4 is 5.91 Å². The van der Waals surface area contributed by atoms with E-state index in [0.717, 1.165) is 5.56 Å². The standard InChI is InChI=1S/C18H15F2N2O3/c19-18(20)4-6-25-15-2-1-10(7-14(15)18)12-8-22-16(17(21)23)11-3-5-24-9-13(11)12/h1-3,7-8H,4-6,9H2,(H2,21,23). The first kappa shape index (κ1) is 16.0. The molecule has 4 rings (SSSR count). The molecular weight excluding hydrogens is 330 g/mol. The Hall–Kier alpha value is -2.54. The van der Waals surface area contributed by atoms with E-state index in [4.69, 9.17) is 15.2 Å². The summed E-state index contributed by atoms with van der Waals surface area (Å²) in [5, 5.41) is 0. The molecule has 0 aliphatic carbocycles. The number of carbonyl (C=O) groups is 1. The predicted molar refractivity (Wildman–Crippen MR) is 85.3 cm³/mol. The molecule has 0 spiro atoms. The van der Waals surface area contributed by atoms with Gasteiger partial charge in [-0.15, -0.1) is 0 Å². The minimum atomic E-state index is -2.94. The number of amides is 1. The second kappa shape index (κ2) is 5.77. The summed E-state index contributed by atoms with van der Waals surface area (Å²) < 4.78 is 39.2. The van der Waals surface area contributed by atoms with Crippen molar-refractivity contribution < 1.29 is 23.0 Å². The molecule has 25 heavy (non-hydrogen) atoms. The Kier molecular flexibility index (Phi) is 3.68. The van der Waals surface area contributed by atoms with Crippen molar-refractivity contribution in [2.24, 2.45) is 5.73 Å². The van der Waals surface area contributed by atoms with Crippen molar-refractivity contribution in [3.63, 3.8) is 0 Å². The number of primary amides is 1. The third-order valence-corrected chi connectivity index (χ3v) is 4.47. The highest BCUT2D eigenvalue weighted by Gasteiger charge is 2.38. The van der Waals surface area contributed by atoms with Gasteiger partial charge in [-0.2, -0.15) is 0 Å². The van der Waals surface area contributed by atoms with E-state index in [1.807, 2.05) is 0 Å². The molecule has 7 heteroatoms. The number of nitrogens with two attached hydrogens (primary N) is 1. The number of nitrogens with zero attached hydrogens (tertiary/aromatic N) is 1. The van der Waals surface area contributed by atoms with Gasteiger partial charge in [0.15, 0.2) is 0 Å². The van der Waals surface area contributed by atoms with Crippen molar-refractivity contribution in [1.82, 2.24) is 4.98 Å². The smallest absolute Gasteiger partial charge is 0.280 e. The molecule has 1 aromatic heterocycles. The van der Waals surface area contributed by atoms with Crippen LogP contribution in [0, 0.1) is 6.42 Å². The summed E-state index contributed by atoms with van der Waals surface area (Å²) in [6, 6.07) is 4.67. The first-order valence-electron chi connectivity index (χ1n) is 7.85. The summed E-state index contributed by atoms with van der Waals surface area (Å²) in [5.41, 5.74) is 7.94. The molecule has 1 amide bonds. The highest BCUT2D eigenvalue weighted by Crippen LogP contribution is 2.43. The van der Waals surface area contributed by atoms with Gasteiger partial charge in [-0.1, -0.05) is 6.07 Å². The largest absolute Gasteiger partial charge is 0.493 e. The van der Waals surface area contributed by atoms with Crippen molar-refractivity contribution in [2.75, 3.05) is 13.2 Å². The summed E-state index contributed by atoms with van der Waals surface area (Å²) in [4.78, 5) is 15.7. The average molecular weight is 345 g/mol. The number of carbonyl (C=O) groups excluding carboxylic acids is 1. The first-order valence-corrected chi connectivity index (χ1v) is 7.85. The lowest BCUT2D eigenvalue weighted by Crippen LogP contribution is -2.24. The van der Waals surface area contributed by atoms with E-state index in [9.17, 15) is 13.6 Å². The summed E-state index contributed by atoms with van der Waals surface area (Å²) >= 11 is 0. The number of rotatable bonds is 2. The third-order valence-electron chi connectivity index (χ3n) is 4.47. The summed E-state index contributed by atoms with van der Waals surface area (Å²) in [6.07, 6.45) is 2.86. The van der Waals surface area contributed by atoms with Crippen LogP contribution in [0.3, 0.4) is 0 Å². The van der Waals surface area contributed by atoms with Crippen LogP contribution in [0.5, 0.6) is 5.75 Å². The maximum absolute atomic E-state index is 14.2. The number of pyridine rings is 1. The van der Waals surface area contributed by atoms with Gasteiger partial charge in [-0.25, -0.2) is 8.78 Å². The summed E-state index contributed by atoms with van der Waals surface area (Å²) in [6.45, 7) is 0.592. The van der Waals surface area contributed by atoms with E-state index in [1.54, 1.807) is 18.6 Å². The Balaban J connectivity index is 1.87. The Bertz CT molecular complexity index is 868. The minimum Gasteiger partial charge on any atom is -0.493 e. The number of aromatic nitrogens is 1. The Labute approximate surface area is 142 Å². The van der Waals surface area contributed by atoms with Crippen LogP contribution in [0.4, 0.5) is 8.78 Å². The fourth-order valence-corrected chi connectivity index (χ4v) is 3.22. The molecule has 2 N–H and O–H groups in total. The van der Waals surface area contributed by atoms with Crippen LogP contribution in [-0.4, -0.2) is 24.1 Å². The quantitative estimate of drug-likeness (QED) is 0.908. The van der Waals surface area contributed by atoms with E-state index in [-0.39, 0.29) is 36.6 Å². The van der Waals surface area contributed by atoms with Gasteiger partial charge in [0.25, 0.3) is 11.8 Å². The van der Waals surface area contributed by atoms with Gasteiger partial charge in [-0.3, -0.25) is 9.78 Å². The second-order valence-corrected chi connectivity index (χ2v) is 6.01. The number of ether oxygens (including phenoxy) is 2. The van der Waals surface area contributed by atoms with Gasteiger partial charge in [-0.05, 0) is 28.8 Å². The van der Waals surface area contributed by atoms with Crippen LogP contribution >= 0.6 is 0 Å². The van der Waals surface area contributed by atoms with Crippen molar-refractivity contribution in [3.8, 4) is 16.9 Å². The maximum atomic E-state index is 14.2. The molecule has 1 aromatic carbocycles. The zero-order valence-electron chi connectivity index (χ0n) is 13.2. The number of halogens is 2. The SMILES string of the molecule is NC(=O)c1ncc(-c2ccc3c(c2)C(F)(F)CCO3)c2c1[CH]COC2. The minimum absolute atomic E-state index is 0.00753. The van der Waals surface area contributed by atoms with Gasteiger partial charge < -0.3 is 15.2 Å². The zero-order valence-corrected chi connectivity index (χ0v) is 13.2. The van der Waals surface area contributed by atoms with E-state index < -0.39 is 11.8 Å². The molecule has 0 unspecified atom stereocenters. The van der Waals surface area contributed by atoms with Gasteiger partial charge in [0.05, 0.1) is 31.8 Å². The van der Waals surface area contributed by atoms with E-state index >= 15 is 0 Å². The molecule has 2 aliphatic rings. The van der Waals surface area contributed by atoms with Crippen LogP contribution in [-0.2, 0) is 17.3 Å². The molecule has 3 heterocycles. The molecule has 129 valence electrons. The van der Waals surface area contributed by atoms with Crippen LogP contribution in [0.2, 0.25) is 0 Å². The van der Waals surface area contributed by atoms with Crippen LogP contribution in [0.15, 0.2) is 24.4 Å². The van der Waals surface area contributed by atoms with E-state index in [2.05, 4.69) is 4.98 Å². The Morgan fingerprint density at radius 3 is 2.96 bits per heavy atom. The van der Waals surface area contributed by atoms with Gasteiger partial charge in [0.2, 0.25) is 0 Å². The molecule has 2 aliphatic heterocycles. The zero-order chi connectivity index (χ0) is 17.6. The van der Waals surface area contributed by atoms with Crippen LogP contribution in [0.1, 0.15) is 33.6 Å². The van der Waals surface area contributed by atoms with Gasteiger partial charge >= 0.3 is 0 Å². The Morgan fingerprint density at radius 1 is 1.32 bits per heavy atom. The molecule has 2 aromatic rings. The average Bonchev–Trinajstić information content (AvgIpc) is 2.60. The normalized spacial score (nSPS) is 18.0. The highest BCUT2D eigenvalue weighted by atomic mass is 19.3. The summed E-state index contributed by atoms with van der Waals surface area (Å²) in [5.74, 6) is -3.38. The summed E-state index contributed by atoms with van der Waals surface area (Å²) in [7, 11) is 0. The lowest BCUT2D eigenvalue weighted by atomic mass is 9.91. The van der Waals surface area contributed by atoms with E-state index in [0.29, 0.717) is 23.3 Å². The number of benzene rings is 1. The molecule has 0 saturated carbocycles. The number of alkyl halides is 2. The fourth-order valence-electron chi connectivity index (χ4n) is 3.22. The van der Waals surface area contributed by atoms with Crippen LogP contribution < -0.4 is 10.5 Å². The third kappa shape index (κ3) is 2.64. The van der Waals surface area contributed by atoms with Crippen molar-refractivity contribution in [3.05, 3.63) is 53.2 Å². The molecule has 5 nitrogen and oxygen atoms in total. The number of hydrogen-bond acceptors (Lipinski definition) is 4. The molecule has 0 bridgehead atoms. The second-order valence-electron chi connectivity index (χ2n) is 6.01. The van der Waals surface area contributed by atoms with Gasteiger partial charge in [0.1, 0.15) is 11.4 Å². The maximum Gasteiger partial charge on any atom is 0.280 e. The first-order chi connectivity index (χ1) is 12.0. The molecule has 1 radical (unpaired) electrons. The van der Waals surface area contributed by atoms with E-state index in [1.165, 1.54) is 12.3 Å². The fraction of sp³-hybridized carbons (Fsp3) is 0.278. The van der Waals surface area contributed by atoms with Gasteiger partial charge in [0, 0.05) is 18.2 Å². The molecular formula is C18H15F2N2O3. The monoisotopic (exact) mass is 345 g/mol. The Morgan fingerprint density at radius 2 is 2.16 bits per heavy atom. The topological polar surface area (TPSA) is 74.4 Å². The van der Waals surface area contributed by atoms with Crippen LogP contribution in [0.25, 0.3) is 11.1 Å². The number of hydrogen-bond donors (Lipinski definition) is 1. The molecule has 0 saturated heterocycles. The highest BCUT2D eigenvalue weighted by molar-refractivity contribution is 5.94. The molecule has 0 fully saturated rings.